The van der Waals surface area contributed by atoms with E-state index in [1.54, 1.807) is 45.0 Å². The van der Waals surface area contributed by atoms with Crippen molar-refractivity contribution in [2.24, 2.45) is 5.14 Å². The quantitative estimate of drug-likeness (QED) is 0.618. The Morgan fingerprint density at radius 3 is 2.38 bits per heavy atom. The van der Waals surface area contributed by atoms with Gasteiger partial charge in [-0.25, -0.2) is 18.9 Å². The summed E-state index contributed by atoms with van der Waals surface area (Å²) in [6.45, 7) is 5.71. The predicted molar refractivity (Wildman–Crippen MR) is 94.7 cm³/mol. The summed E-state index contributed by atoms with van der Waals surface area (Å²) in [5.41, 5.74) is -0.608. The van der Waals surface area contributed by atoms with E-state index in [0.29, 0.717) is 24.3 Å². The largest absolute Gasteiger partial charge is 0.444 e. The van der Waals surface area contributed by atoms with Crippen LogP contribution in [0.4, 0.5) is 4.79 Å². The molecule has 1 aliphatic heterocycles. The van der Waals surface area contributed by atoms with Crippen molar-refractivity contribution in [1.82, 2.24) is 4.90 Å². The van der Waals surface area contributed by atoms with E-state index in [0.717, 1.165) is 0 Å². The van der Waals surface area contributed by atoms with Crippen molar-refractivity contribution in [3.8, 4) is 6.26 Å². The van der Waals surface area contributed by atoms with Gasteiger partial charge < -0.3 is 9.47 Å². The lowest BCUT2D eigenvalue weighted by molar-refractivity contribution is -0.142. The number of ether oxygens (including phenoxy) is 2. The molecule has 8 nitrogen and oxygen atoms in total. The maximum atomic E-state index is 11.8. The number of hydrogen-bond donors (Lipinski definition) is 1. The maximum Gasteiger partial charge on any atom is 0.411 e. The minimum atomic E-state index is -1.33. The van der Waals surface area contributed by atoms with Gasteiger partial charge in [0, 0.05) is 6.54 Å². The van der Waals surface area contributed by atoms with Crippen LogP contribution in [0.15, 0.2) is 35.2 Å². The Morgan fingerprint density at radius 2 is 1.92 bits per heavy atom. The molecule has 1 aromatic carbocycles. The topological polar surface area (TPSA) is 123 Å². The number of carbonyl (C=O) groups is 2. The van der Waals surface area contributed by atoms with Crippen LogP contribution in [0.1, 0.15) is 33.6 Å². The lowest BCUT2D eigenvalue weighted by Crippen LogP contribution is -2.43. The van der Waals surface area contributed by atoms with Gasteiger partial charge in [-0.1, -0.05) is 18.2 Å². The molecule has 2 N–H and O–H groups in total. The van der Waals surface area contributed by atoms with Crippen molar-refractivity contribution >= 4 is 23.0 Å². The molecule has 2 rings (SSSR count). The highest BCUT2D eigenvalue weighted by Gasteiger charge is 2.37. The molecule has 2 unspecified atom stereocenters. The van der Waals surface area contributed by atoms with Crippen LogP contribution in [0, 0.1) is 11.5 Å². The summed E-state index contributed by atoms with van der Waals surface area (Å²) in [5, 5.41) is 13.4. The normalized spacial score (nSPS) is 17.3. The molecule has 1 aromatic rings. The van der Waals surface area contributed by atoms with E-state index in [9.17, 15) is 13.8 Å². The molecular formula is C17H23N3O5S. The van der Waals surface area contributed by atoms with Crippen LogP contribution in [-0.2, 0) is 25.3 Å². The number of likely N-dealkylation sites (tertiary alicyclic amines) is 1. The van der Waals surface area contributed by atoms with Gasteiger partial charge in [0.05, 0.1) is 4.90 Å². The number of amides is 1. The lowest BCUT2D eigenvalue weighted by Gasteiger charge is -2.26. The van der Waals surface area contributed by atoms with Gasteiger partial charge in [-0.05, 0) is 45.7 Å². The average Bonchev–Trinajstić information content (AvgIpc) is 3.05. The molecule has 0 saturated carbocycles. The van der Waals surface area contributed by atoms with Gasteiger partial charge >= 0.3 is 12.1 Å². The number of hydrogen-bond acceptors (Lipinski definition) is 6. The van der Waals surface area contributed by atoms with Crippen molar-refractivity contribution in [2.45, 2.75) is 50.2 Å². The molecule has 1 fully saturated rings. The number of nitrogens with zero attached hydrogens (tertiary/aromatic N) is 2. The highest BCUT2D eigenvalue weighted by molar-refractivity contribution is 7.82. The van der Waals surface area contributed by atoms with Crippen molar-refractivity contribution < 1.29 is 23.3 Å². The van der Waals surface area contributed by atoms with Crippen LogP contribution in [0.5, 0.6) is 0 Å². The number of carbonyl (C=O) groups excluding carboxylic acids is 2. The van der Waals surface area contributed by atoms with E-state index in [-0.39, 0.29) is 0 Å². The number of benzene rings is 1. The first-order chi connectivity index (χ1) is 12.2. The molecule has 2 atom stereocenters. The smallest absolute Gasteiger partial charge is 0.411 e. The van der Waals surface area contributed by atoms with Gasteiger partial charge in [0.25, 0.3) is 6.26 Å². The molecule has 1 aliphatic rings. The van der Waals surface area contributed by atoms with Gasteiger partial charge in [-0.15, -0.1) is 5.26 Å². The third kappa shape index (κ3) is 7.21. The highest BCUT2D eigenvalue weighted by Crippen LogP contribution is 2.21. The summed E-state index contributed by atoms with van der Waals surface area (Å²) in [6, 6.07) is 8.23. The van der Waals surface area contributed by atoms with E-state index in [2.05, 4.69) is 4.74 Å². The van der Waals surface area contributed by atoms with Gasteiger partial charge in [-0.2, -0.15) is 0 Å². The molecule has 26 heavy (non-hydrogen) atoms. The average molecular weight is 381 g/mol. The molecule has 1 heterocycles. The molecule has 0 spiro atoms. The van der Waals surface area contributed by atoms with E-state index in [1.807, 2.05) is 6.07 Å². The molecule has 142 valence electrons. The Labute approximate surface area is 155 Å². The summed E-state index contributed by atoms with van der Waals surface area (Å²) in [4.78, 5) is 25.2. The Hall–Kier alpha value is -2.44. The van der Waals surface area contributed by atoms with Gasteiger partial charge in [-0.3, -0.25) is 4.90 Å². The van der Waals surface area contributed by atoms with Crippen molar-refractivity contribution in [1.29, 1.82) is 5.26 Å². The van der Waals surface area contributed by atoms with E-state index in [1.165, 1.54) is 11.2 Å². The van der Waals surface area contributed by atoms with Crippen molar-refractivity contribution in [2.75, 3.05) is 6.54 Å². The summed E-state index contributed by atoms with van der Waals surface area (Å²) in [5.74, 6) is -0.698. The molecular weight excluding hydrogens is 358 g/mol. The first-order valence-electron chi connectivity index (χ1n) is 7.96. The number of nitriles is 1. The third-order valence-corrected chi connectivity index (χ3v) is 4.01. The number of nitrogens with two attached hydrogens (primary N) is 1. The standard InChI is InChI=1S/C11H16N2O4.C6H7NOS/c1-11(2,3)17-10(15)13-6-4-5-8(13)9(14)16-7-12;7-9(8)6-4-2-1-3-5-6/h8H,4-6H2,1-3H3;1-5H,7H2. The zero-order chi connectivity index (χ0) is 19.7. The lowest BCUT2D eigenvalue weighted by atomic mass is 10.2. The van der Waals surface area contributed by atoms with Crippen molar-refractivity contribution in [3.63, 3.8) is 0 Å². The molecule has 0 aromatic heterocycles. The van der Waals surface area contributed by atoms with Crippen LogP contribution in [0.3, 0.4) is 0 Å². The molecule has 0 bridgehead atoms. The van der Waals surface area contributed by atoms with Crippen LogP contribution in [-0.4, -0.2) is 39.4 Å². The Balaban J connectivity index is 0.000000314. The molecule has 1 saturated heterocycles. The number of esters is 1. The fraction of sp³-hybridized carbons (Fsp3) is 0.471. The SMILES string of the molecule is CC(C)(C)OC(=O)N1CCCC1C(=O)OC#N.NS(=O)c1ccccc1. The first-order valence-corrected chi connectivity index (χ1v) is 9.17. The fourth-order valence-corrected chi connectivity index (χ4v) is 2.64. The summed E-state index contributed by atoms with van der Waals surface area (Å²) in [6.07, 6.45) is 1.98. The minimum Gasteiger partial charge on any atom is -0.444 e. The van der Waals surface area contributed by atoms with Gasteiger partial charge in [0.1, 0.15) is 22.6 Å². The van der Waals surface area contributed by atoms with Crippen molar-refractivity contribution in [3.05, 3.63) is 30.3 Å². The predicted octanol–water partition coefficient (Wildman–Crippen LogP) is 2.08. The van der Waals surface area contributed by atoms with E-state index in [4.69, 9.17) is 15.1 Å². The van der Waals surface area contributed by atoms with Crippen LogP contribution < -0.4 is 5.14 Å². The Kier molecular flexibility index (Phi) is 8.22. The third-order valence-electron chi connectivity index (χ3n) is 3.27. The summed E-state index contributed by atoms with van der Waals surface area (Å²) < 4.78 is 20.0. The Morgan fingerprint density at radius 1 is 1.31 bits per heavy atom. The monoisotopic (exact) mass is 381 g/mol. The molecule has 0 aliphatic carbocycles. The first kappa shape index (κ1) is 21.6. The van der Waals surface area contributed by atoms with Crippen LogP contribution >= 0.6 is 0 Å². The van der Waals surface area contributed by atoms with Crippen LogP contribution in [0.2, 0.25) is 0 Å². The second-order valence-corrected chi connectivity index (χ2v) is 7.52. The fourth-order valence-electron chi connectivity index (χ4n) is 2.22. The summed E-state index contributed by atoms with van der Waals surface area (Å²) >= 11 is 0. The van der Waals surface area contributed by atoms with Gasteiger partial charge in [0.2, 0.25) is 0 Å². The summed E-state index contributed by atoms with van der Waals surface area (Å²) in [7, 11) is -1.33. The zero-order valence-electron chi connectivity index (χ0n) is 15.0. The van der Waals surface area contributed by atoms with E-state index >= 15 is 0 Å². The second-order valence-electron chi connectivity index (χ2n) is 6.45. The van der Waals surface area contributed by atoms with E-state index < -0.39 is 34.7 Å². The maximum absolute atomic E-state index is 11.8. The Bertz CT molecular complexity index is 682. The molecule has 0 radical (unpaired) electrons. The number of rotatable bonds is 2. The molecule has 1 amide bonds. The highest BCUT2D eigenvalue weighted by atomic mass is 32.2. The second kappa shape index (κ2) is 9.89. The van der Waals surface area contributed by atoms with Crippen LogP contribution in [0.25, 0.3) is 0 Å². The zero-order valence-corrected chi connectivity index (χ0v) is 15.8. The van der Waals surface area contributed by atoms with Gasteiger partial charge in [0.15, 0.2) is 0 Å². The molecule has 9 heteroatoms. The minimum absolute atomic E-state index is 0.445.